The Kier molecular flexibility index (Phi) is 9.66. The number of anilines is 2. The number of hydrogen-bond donors (Lipinski definition) is 1. The van der Waals surface area contributed by atoms with Crippen molar-refractivity contribution in [2.75, 3.05) is 49.1 Å². The van der Waals surface area contributed by atoms with E-state index in [1.807, 2.05) is 39.8 Å². The first-order chi connectivity index (χ1) is 28.6. The van der Waals surface area contributed by atoms with Gasteiger partial charge in [0.2, 0.25) is 11.9 Å². The molecule has 1 unspecified atom stereocenters. The van der Waals surface area contributed by atoms with Crippen molar-refractivity contribution >= 4 is 52.8 Å². The number of ether oxygens (including phenoxy) is 1. The number of carbonyl (C=O) groups excluding carboxylic acids is 5. The van der Waals surface area contributed by atoms with Crippen molar-refractivity contribution in [3.63, 3.8) is 0 Å². The molecule has 2 saturated carbocycles. The van der Waals surface area contributed by atoms with Gasteiger partial charge in [0.05, 0.1) is 33.3 Å². The Morgan fingerprint density at radius 2 is 1.63 bits per heavy atom. The number of amides is 5. The standard InChI is InChI=1S/C44H48ClN9O6/c1-43(2)40(44(3,4)41(43)60-30-7-5-24(19-46)33(45)18-30)54-35(55)10-9-34(39(54)59)53-37(57)31-8-6-28(17-32(31)38(53)58)51-13-11-50(12-14-51)22-25-15-29-16-26(25)23-52(29)42-48-20-27(21-49-42)36(47)56/h5-8,17-18,20-21,25-26,29,34,40-41H,9-16,22-23H2,1-4H3,(H2,47,56)/t25-,26+,29-,34?,40?,41?/m0/s1. The van der Waals surface area contributed by atoms with E-state index in [-0.39, 0.29) is 34.9 Å². The van der Waals surface area contributed by atoms with Gasteiger partial charge < -0.3 is 20.3 Å². The van der Waals surface area contributed by atoms with E-state index < -0.39 is 52.6 Å². The number of imide groups is 2. The minimum absolute atomic E-state index is 0.0138. The lowest BCUT2D eigenvalue weighted by atomic mass is 9.48. The third kappa shape index (κ3) is 6.37. The average molecular weight is 834 g/mol. The molecule has 312 valence electrons. The zero-order valence-electron chi connectivity index (χ0n) is 34.1. The van der Waals surface area contributed by atoms with Crippen LogP contribution in [0, 0.1) is 34.0 Å². The number of nitrogens with zero attached hydrogens (tertiary/aromatic N) is 8. The summed E-state index contributed by atoms with van der Waals surface area (Å²) in [5, 5.41) is 9.55. The fourth-order valence-electron chi connectivity index (χ4n) is 11.5. The van der Waals surface area contributed by atoms with Crippen molar-refractivity contribution in [3.05, 3.63) is 76.1 Å². The minimum atomic E-state index is -1.11. The number of hydrogen-bond acceptors (Lipinski definition) is 12. The van der Waals surface area contributed by atoms with E-state index in [1.165, 1.54) is 17.3 Å². The van der Waals surface area contributed by atoms with E-state index in [9.17, 15) is 29.2 Å². The summed E-state index contributed by atoms with van der Waals surface area (Å²) in [5.41, 5.74) is 5.97. The van der Waals surface area contributed by atoms with Crippen LogP contribution in [0.3, 0.4) is 0 Å². The van der Waals surface area contributed by atoms with E-state index >= 15 is 0 Å². The summed E-state index contributed by atoms with van der Waals surface area (Å²) in [6.07, 6.45) is 4.81. The Labute approximate surface area is 353 Å². The second-order valence-electron chi connectivity index (χ2n) is 18.4. The van der Waals surface area contributed by atoms with Crippen molar-refractivity contribution in [1.29, 1.82) is 5.26 Å². The number of piperazine rings is 1. The predicted octanol–water partition coefficient (Wildman–Crippen LogP) is 4.13. The molecule has 3 aromatic rings. The highest BCUT2D eigenvalue weighted by Gasteiger charge is 2.68. The summed E-state index contributed by atoms with van der Waals surface area (Å²) < 4.78 is 6.40. The monoisotopic (exact) mass is 833 g/mol. The van der Waals surface area contributed by atoms with Gasteiger partial charge in [-0.05, 0) is 61.4 Å². The highest BCUT2D eigenvalue weighted by molar-refractivity contribution is 6.31. The van der Waals surface area contributed by atoms with Crippen LogP contribution in [0.2, 0.25) is 5.02 Å². The summed E-state index contributed by atoms with van der Waals surface area (Å²) in [7, 11) is 0. The van der Waals surface area contributed by atoms with Gasteiger partial charge in [-0.15, -0.1) is 0 Å². The first kappa shape index (κ1) is 39.8. The van der Waals surface area contributed by atoms with Gasteiger partial charge >= 0.3 is 0 Å². The van der Waals surface area contributed by atoms with Crippen LogP contribution in [0.25, 0.3) is 0 Å². The number of primary amides is 1. The van der Waals surface area contributed by atoms with Crippen LogP contribution in [0.15, 0.2) is 48.8 Å². The molecule has 4 atom stereocenters. The number of fused-ring (bicyclic) bond motifs is 3. The first-order valence-electron chi connectivity index (χ1n) is 20.7. The van der Waals surface area contributed by atoms with Gasteiger partial charge in [0.25, 0.3) is 23.6 Å². The summed E-state index contributed by atoms with van der Waals surface area (Å²) in [5.74, 6) is -0.232. The molecule has 2 N–H and O–H groups in total. The minimum Gasteiger partial charge on any atom is -0.489 e. The SMILES string of the molecule is CC1(C)C(Oc2ccc(C#N)c(Cl)c2)C(C)(C)C1N1C(=O)CCC(N2C(=O)c3ccc(N4CCN(C[C@@H]5C[C@H]6C[C@@H]5CN6c5ncc(C(N)=O)cn5)CC4)cc3C2=O)C1=O. The van der Waals surface area contributed by atoms with Crippen molar-refractivity contribution < 1.29 is 28.7 Å². The molecule has 9 rings (SSSR count). The molecule has 0 spiro atoms. The third-order valence-electron chi connectivity index (χ3n) is 14.1. The maximum atomic E-state index is 14.4. The average Bonchev–Trinajstić information content (AvgIpc) is 3.90. The first-order valence-corrected chi connectivity index (χ1v) is 21.1. The topological polar surface area (TPSA) is 186 Å². The molecule has 0 radical (unpaired) electrons. The molecular weight excluding hydrogens is 786 g/mol. The zero-order chi connectivity index (χ0) is 42.4. The number of likely N-dealkylation sites (tertiary alicyclic amines) is 1. The van der Waals surface area contributed by atoms with Crippen molar-refractivity contribution in [3.8, 4) is 11.8 Å². The maximum absolute atomic E-state index is 14.4. The van der Waals surface area contributed by atoms with Crippen LogP contribution in [0.4, 0.5) is 11.6 Å². The molecule has 5 heterocycles. The number of rotatable bonds is 9. The molecule has 5 fully saturated rings. The largest absolute Gasteiger partial charge is 0.489 e. The van der Waals surface area contributed by atoms with E-state index in [0.29, 0.717) is 40.7 Å². The summed E-state index contributed by atoms with van der Waals surface area (Å²) in [4.78, 5) is 85.6. The van der Waals surface area contributed by atoms with Crippen LogP contribution < -0.4 is 20.3 Å². The Morgan fingerprint density at radius 1 is 0.933 bits per heavy atom. The number of halogens is 1. The highest BCUT2D eigenvalue weighted by atomic mass is 35.5. The molecule has 5 amide bonds. The Morgan fingerprint density at radius 3 is 2.27 bits per heavy atom. The van der Waals surface area contributed by atoms with E-state index in [1.54, 1.807) is 30.3 Å². The van der Waals surface area contributed by atoms with Gasteiger partial charge in [-0.3, -0.25) is 38.7 Å². The molecule has 2 bridgehead atoms. The Hall–Kier alpha value is -5.59. The van der Waals surface area contributed by atoms with Gasteiger partial charge in [-0.2, -0.15) is 5.26 Å². The normalized spacial score (nSPS) is 28.2. The maximum Gasteiger partial charge on any atom is 0.262 e. The van der Waals surface area contributed by atoms with Crippen molar-refractivity contribution in [2.24, 2.45) is 28.4 Å². The molecule has 2 aromatic carbocycles. The molecule has 3 saturated heterocycles. The number of carbonyl (C=O) groups is 5. The lowest BCUT2D eigenvalue weighted by molar-refractivity contribution is -0.216. The smallest absolute Gasteiger partial charge is 0.262 e. The van der Waals surface area contributed by atoms with Crippen LogP contribution in [-0.4, -0.2) is 118 Å². The van der Waals surface area contributed by atoms with Crippen LogP contribution in [0.1, 0.15) is 90.0 Å². The second-order valence-corrected chi connectivity index (χ2v) is 18.8. The van der Waals surface area contributed by atoms with Crippen LogP contribution in [0.5, 0.6) is 5.75 Å². The number of aromatic nitrogens is 2. The third-order valence-corrected chi connectivity index (χ3v) is 14.4. The molecule has 1 aromatic heterocycles. The summed E-state index contributed by atoms with van der Waals surface area (Å²) >= 11 is 6.28. The Balaban J connectivity index is 0.826. The molecule has 15 nitrogen and oxygen atoms in total. The molecule has 60 heavy (non-hydrogen) atoms. The molecule has 16 heteroatoms. The Bertz CT molecular complexity index is 2340. The van der Waals surface area contributed by atoms with E-state index in [4.69, 9.17) is 22.1 Å². The summed E-state index contributed by atoms with van der Waals surface area (Å²) in [6.45, 7) is 12.9. The quantitative estimate of drug-likeness (QED) is 0.305. The molecule has 2 aliphatic carbocycles. The van der Waals surface area contributed by atoms with Crippen LogP contribution in [-0.2, 0) is 9.59 Å². The number of benzene rings is 2. The number of piperidine rings is 2. The predicted molar refractivity (Wildman–Crippen MR) is 220 cm³/mol. The van der Waals surface area contributed by atoms with Crippen LogP contribution >= 0.6 is 11.6 Å². The zero-order valence-corrected chi connectivity index (χ0v) is 34.9. The fraction of sp³-hybridized carbons (Fsp3) is 0.500. The highest BCUT2D eigenvalue weighted by Crippen LogP contribution is 2.59. The lowest BCUT2D eigenvalue weighted by Gasteiger charge is -2.65. The summed E-state index contributed by atoms with van der Waals surface area (Å²) in [6, 6.07) is 10.9. The fourth-order valence-corrected chi connectivity index (χ4v) is 11.8. The molecule has 6 aliphatic rings. The van der Waals surface area contributed by atoms with E-state index in [2.05, 4.69) is 24.7 Å². The van der Waals surface area contributed by atoms with Gasteiger partial charge in [0.15, 0.2) is 0 Å². The molecule has 4 aliphatic heterocycles. The second kappa shape index (κ2) is 14.6. The van der Waals surface area contributed by atoms with Gasteiger partial charge in [0, 0.05) is 86.7 Å². The van der Waals surface area contributed by atoms with E-state index in [0.717, 1.165) is 62.7 Å². The lowest BCUT2D eigenvalue weighted by Crippen LogP contribution is -2.77. The van der Waals surface area contributed by atoms with Crippen molar-refractivity contribution in [1.82, 2.24) is 24.7 Å². The van der Waals surface area contributed by atoms with Gasteiger partial charge in [-0.1, -0.05) is 39.3 Å². The number of nitrogens with two attached hydrogens (primary N) is 1. The van der Waals surface area contributed by atoms with Crippen molar-refractivity contribution in [2.45, 2.75) is 77.6 Å². The van der Waals surface area contributed by atoms with Gasteiger partial charge in [0.1, 0.15) is 24.0 Å². The van der Waals surface area contributed by atoms with Gasteiger partial charge in [-0.25, -0.2) is 9.97 Å². The number of nitriles is 1. The molecular formula is C44H48ClN9O6.